The lowest BCUT2D eigenvalue weighted by atomic mass is 9.75. The summed E-state index contributed by atoms with van der Waals surface area (Å²) in [4.78, 5) is 42.3. The summed E-state index contributed by atoms with van der Waals surface area (Å²) in [5, 5.41) is 0. The standard InChI is InChI=1S/C26H33NO6/c1-8-31-24(29)21-16(3)27-17(4)22(25(30)32-9-2)23(21)19-12-10-11-18(15-19)13-14-20(28)33-26(5,6)7/h10-15,21,23H,8-9H2,1-7H3. The molecule has 0 N–H and O–H groups in total. The number of carbonyl (C=O) groups is 3. The highest BCUT2D eigenvalue weighted by molar-refractivity contribution is 6.07. The maximum absolute atomic E-state index is 12.9. The zero-order valence-electron chi connectivity index (χ0n) is 20.4. The van der Waals surface area contributed by atoms with Crippen LogP contribution in [0.4, 0.5) is 0 Å². The van der Waals surface area contributed by atoms with E-state index in [0.717, 1.165) is 11.1 Å². The predicted molar refractivity (Wildman–Crippen MR) is 127 cm³/mol. The van der Waals surface area contributed by atoms with Crippen molar-refractivity contribution in [2.75, 3.05) is 13.2 Å². The van der Waals surface area contributed by atoms with Gasteiger partial charge in [0.25, 0.3) is 0 Å². The first-order chi connectivity index (χ1) is 15.5. The van der Waals surface area contributed by atoms with Crippen LogP contribution in [0.2, 0.25) is 0 Å². The molecule has 1 aromatic carbocycles. The van der Waals surface area contributed by atoms with Gasteiger partial charge in [-0.2, -0.15) is 0 Å². The first kappa shape index (κ1) is 26.0. The van der Waals surface area contributed by atoms with Gasteiger partial charge in [-0.15, -0.1) is 0 Å². The van der Waals surface area contributed by atoms with Crippen LogP contribution in [-0.4, -0.2) is 42.4 Å². The first-order valence-corrected chi connectivity index (χ1v) is 11.1. The number of nitrogens with zero attached hydrogens (tertiary/aromatic N) is 1. The molecular formula is C26H33NO6. The number of esters is 3. The Morgan fingerprint density at radius 2 is 1.73 bits per heavy atom. The highest BCUT2D eigenvalue weighted by atomic mass is 16.6. The van der Waals surface area contributed by atoms with Gasteiger partial charge in [-0.25, -0.2) is 9.59 Å². The highest BCUT2D eigenvalue weighted by Gasteiger charge is 2.42. The normalized spacial score (nSPS) is 18.7. The molecule has 0 bridgehead atoms. The van der Waals surface area contributed by atoms with Crippen LogP contribution in [0.5, 0.6) is 0 Å². The predicted octanol–water partition coefficient (Wildman–Crippen LogP) is 4.62. The molecule has 0 aliphatic carbocycles. The summed E-state index contributed by atoms with van der Waals surface area (Å²) in [6.07, 6.45) is 3.00. The number of ether oxygens (including phenoxy) is 3. The van der Waals surface area contributed by atoms with Gasteiger partial charge < -0.3 is 14.2 Å². The van der Waals surface area contributed by atoms with Crippen LogP contribution in [0.3, 0.4) is 0 Å². The SMILES string of the molecule is CCOC(=O)C1=C(C)N=C(C)C(C(=O)OCC)C1c1cccc(C=CC(=O)OC(C)(C)C)c1. The Bertz CT molecular complexity index is 996. The Balaban J connectivity index is 2.52. The summed E-state index contributed by atoms with van der Waals surface area (Å²) in [6, 6.07) is 7.31. The van der Waals surface area contributed by atoms with Gasteiger partial charge in [0.15, 0.2) is 0 Å². The quantitative estimate of drug-likeness (QED) is 0.339. The fraction of sp³-hybridized carbons (Fsp3) is 0.462. The van der Waals surface area contributed by atoms with Gasteiger partial charge in [0.2, 0.25) is 0 Å². The van der Waals surface area contributed by atoms with E-state index in [4.69, 9.17) is 14.2 Å². The molecule has 0 amide bonds. The van der Waals surface area contributed by atoms with E-state index < -0.39 is 35.3 Å². The van der Waals surface area contributed by atoms with E-state index in [-0.39, 0.29) is 13.2 Å². The number of hydrogen-bond acceptors (Lipinski definition) is 7. The molecule has 0 fully saturated rings. The third-order valence-corrected chi connectivity index (χ3v) is 4.95. The van der Waals surface area contributed by atoms with Gasteiger partial charge in [0.1, 0.15) is 11.5 Å². The van der Waals surface area contributed by atoms with Gasteiger partial charge in [-0.05, 0) is 65.7 Å². The number of rotatable bonds is 7. The van der Waals surface area contributed by atoms with Crippen molar-refractivity contribution in [1.29, 1.82) is 0 Å². The minimum atomic E-state index is -0.766. The number of allylic oxidation sites excluding steroid dienone is 1. The van der Waals surface area contributed by atoms with E-state index in [1.807, 2.05) is 24.3 Å². The summed E-state index contributed by atoms with van der Waals surface area (Å²) < 4.78 is 15.9. The van der Waals surface area contributed by atoms with E-state index in [0.29, 0.717) is 17.0 Å². The number of hydrogen-bond donors (Lipinski definition) is 0. The highest BCUT2D eigenvalue weighted by Crippen LogP contribution is 2.40. The summed E-state index contributed by atoms with van der Waals surface area (Å²) in [7, 11) is 0. The number of carbonyl (C=O) groups excluding carboxylic acids is 3. The molecule has 1 aliphatic rings. The van der Waals surface area contributed by atoms with Crippen LogP contribution in [0.1, 0.15) is 65.5 Å². The molecule has 0 spiro atoms. The lowest BCUT2D eigenvalue weighted by Gasteiger charge is -2.31. The molecule has 7 heteroatoms. The largest absolute Gasteiger partial charge is 0.465 e. The Morgan fingerprint density at radius 3 is 2.33 bits per heavy atom. The smallest absolute Gasteiger partial charge is 0.336 e. The molecule has 2 atom stereocenters. The van der Waals surface area contributed by atoms with Crippen molar-refractivity contribution in [2.24, 2.45) is 10.9 Å². The van der Waals surface area contributed by atoms with E-state index in [9.17, 15) is 14.4 Å². The first-order valence-electron chi connectivity index (χ1n) is 11.1. The molecule has 0 saturated heterocycles. The van der Waals surface area contributed by atoms with E-state index in [1.54, 1.807) is 54.5 Å². The third-order valence-electron chi connectivity index (χ3n) is 4.95. The van der Waals surface area contributed by atoms with Gasteiger partial charge >= 0.3 is 17.9 Å². The van der Waals surface area contributed by atoms with Crippen molar-refractivity contribution in [3.63, 3.8) is 0 Å². The van der Waals surface area contributed by atoms with Crippen LogP contribution in [0.25, 0.3) is 6.08 Å². The molecule has 7 nitrogen and oxygen atoms in total. The Kier molecular flexibility index (Phi) is 8.74. The van der Waals surface area contributed by atoms with Crippen LogP contribution < -0.4 is 0 Å². The second-order valence-electron chi connectivity index (χ2n) is 8.72. The number of benzene rings is 1. The van der Waals surface area contributed by atoms with Crippen molar-refractivity contribution in [3.05, 3.63) is 52.7 Å². The molecule has 1 heterocycles. The Morgan fingerprint density at radius 1 is 1.06 bits per heavy atom. The minimum Gasteiger partial charge on any atom is -0.465 e. The molecule has 2 unspecified atom stereocenters. The maximum atomic E-state index is 12.9. The Labute approximate surface area is 195 Å². The Hall–Kier alpha value is -3.22. The molecule has 33 heavy (non-hydrogen) atoms. The average molecular weight is 456 g/mol. The van der Waals surface area contributed by atoms with Crippen molar-refractivity contribution in [3.8, 4) is 0 Å². The van der Waals surface area contributed by atoms with Gasteiger partial charge in [-0.3, -0.25) is 9.79 Å². The summed E-state index contributed by atoms with van der Waals surface area (Å²) in [5.74, 6) is -2.82. The molecule has 1 aromatic rings. The molecule has 178 valence electrons. The van der Waals surface area contributed by atoms with Gasteiger partial charge in [0, 0.05) is 23.4 Å². The second-order valence-corrected chi connectivity index (χ2v) is 8.72. The van der Waals surface area contributed by atoms with E-state index in [1.165, 1.54) is 6.08 Å². The molecule has 1 aliphatic heterocycles. The minimum absolute atomic E-state index is 0.202. The maximum Gasteiger partial charge on any atom is 0.336 e. The van der Waals surface area contributed by atoms with E-state index >= 15 is 0 Å². The molecule has 0 radical (unpaired) electrons. The second kappa shape index (κ2) is 11.1. The van der Waals surface area contributed by atoms with Crippen molar-refractivity contribution < 1.29 is 28.6 Å². The fourth-order valence-corrected chi connectivity index (χ4v) is 3.76. The summed E-state index contributed by atoms with van der Waals surface area (Å²) in [6.45, 7) is 12.8. The van der Waals surface area contributed by atoms with Gasteiger partial charge in [-0.1, -0.05) is 24.3 Å². The topological polar surface area (TPSA) is 91.3 Å². The average Bonchev–Trinajstić information content (AvgIpc) is 2.71. The molecular weight excluding hydrogens is 422 g/mol. The van der Waals surface area contributed by atoms with Crippen molar-refractivity contribution >= 4 is 29.7 Å². The van der Waals surface area contributed by atoms with E-state index in [2.05, 4.69) is 4.99 Å². The zero-order chi connectivity index (χ0) is 24.8. The fourth-order valence-electron chi connectivity index (χ4n) is 3.76. The van der Waals surface area contributed by atoms with Crippen LogP contribution in [0.15, 0.2) is 46.6 Å². The van der Waals surface area contributed by atoms with Crippen molar-refractivity contribution in [2.45, 2.75) is 60.0 Å². The lowest BCUT2D eigenvalue weighted by molar-refractivity contribution is -0.149. The molecule has 0 saturated carbocycles. The third kappa shape index (κ3) is 6.88. The van der Waals surface area contributed by atoms with Crippen LogP contribution in [0, 0.1) is 5.92 Å². The van der Waals surface area contributed by atoms with Gasteiger partial charge in [0.05, 0.1) is 18.8 Å². The summed E-state index contributed by atoms with van der Waals surface area (Å²) >= 11 is 0. The van der Waals surface area contributed by atoms with Crippen molar-refractivity contribution in [1.82, 2.24) is 0 Å². The summed E-state index contributed by atoms with van der Waals surface area (Å²) in [5.41, 5.74) is 2.25. The lowest BCUT2D eigenvalue weighted by Crippen LogP contribution is -2.36. The monoisotopic (exact) mass is 455 g/mol. The molecule has 0 aromatic heterocycles. The van der Waals surface area contributed by atoms with Crippen LogP contribution >= 0.6 is 0 Å². The zero-order valence-corrected chi connectivity index (χ0v) is 20.4. The molecule has 2 rings (SSSR count). The van der Waals surface area contributed by atoms with Crippen LogP contribution in [-0.2, 0) is 28.6 Å². The number of aliphatic imine (C=N–C) groups is 1.